The third-order valence-corrected chi connectivity index (χ3v) is 5.68. The number of aryl methyl sites for hydroxylation is 1. The maximum Gasteiger partial charge on any atom is 0.409 e. The Balaban J connectivity index is 1.99. The third-order valence-electron chi connectivity index (χ3n) is 4.16. The van der Waals surface area contributed by atoms with Crippen LogP contribution in [0.4, 0.5) is 4.79 Å². The minimum absolute atomic E-state index is 0.0267. The lowest BCUT2D eigenvalue weighted by Gasteiger charge is -2.31. The van der Waals surface area contributed by atoms with Crippen molar-refractivity contribution in [1.82, 2.24) is 9.62 Å². The fourth-order valence-electron chi connectivity index (χ4n) is 2.86. The molecule has 1 fully saturated rings. The highest BCUT2D eigenvalue weighted by Crippen LogP contribution is 2.23. The molecule has 1 aromatic carbocycles. The summed E-state index contributed by atoms with van der Waals surface area (Å²) in [5, 5.41) is 0. The monoisotopic (exact) mass is 384 g/mol. The van der Waals surface area contributed by atoms with Crippen LogP contribution in [0, 0.1) is 6.92 Å². The fraction of sp³-hybridized carbons (Fsp3) is 0.611. The molecule has 1 aromatic rings. The van der Waals surface area contributed by atoms with Crippen molar-refractivity contribution < 1.29 is 22.7 Å². The second-order valence-corrected chi connectivity index (χ2v) is 8.39. The van der Waals surface area contributed by atoms with E-state index in [1.54, 1.807) is 30.0 Å². The van der Waals surface area contributed by atoms with Crippen molar-refractivity contribution in [1.29, 1.82) is 0 Å². The normalized spacial score (nSPS) is 16.0. The van der Waals surface area contributed by atoms with E-state index in [1.807, 2.05) is 20.8 Å². The van der Waals surface area contributed by atoms with Crippen LogP contribution in [0.3, 0.4) is 0 Å². The zero-order valence-corrected chi connectivity index (χ0v) is 16.6. The highest BCUT2D eigenvalue weighted by Gasteiger charge is 2.27. The van der Waals surface area contributed by atoms with Crippen LogP contribution in [-0.2, 0) is 14.8 Å². The molecule has 26 heavy (non-hydrogen) atoms. The predicted molar refractivity (Wildman–Crippen MR) is 98.9 cm³/mol. The number of ether oxygens (including phenoxy) is 2. The van der Waals surface area contributed by atoms with Crippen molar-refractivity contribution in [2.45, 2.75) is 57.6 Å². The Hall–Kier alpha value is -1.80. The number of rotatable bonds is 6. The van der Waals surface area contributed by atoms with Gasteiger partial charge >= 0.3 is 6.09 Å². The van der Waals surface area contributed by atoms with E-state index in [2.05, 4.69) is 4.72 Å². The van der Waals surface area contributed by atoms with Gasteiger partial charge in [0.05, 0.1) is 17.6 Å². The predicted octanol–water partition coefficient (Wildman–Crippen LogP) is 2.68. The second kappa shape index (κ2) is 8.73. The summed E-state index contributed by atoms with van der Waals surface area (Å²) < 4.78 is 38.7. The van der Waals surface area contributed by atoms with E-state index in [4.69, 9.17) is 9.47 Å². The average molecular weight is 384 g/mol. The Labute approximate surface area is 155 Å². The van der Waals surface area contributed by atoms with Crippen molar-refractivity contribution in [3.05, 3.63) is 23.8 Å². The summed E-state index contributed by atoms with van der Waals surface area (Å²) in [5.74, 6) is 0.682. The van der Waals surface area contributed by atoms with E-state index in [1.165, 1.54) is 0 Å². The summed E-state index contributed by atoms with van der Waals surface area (Å²) in [6, 6.07) is 4.67. The Morgan fingerprint density at radius 1 is 1.31 bits per heavy atom. The maximum absolute atomic E-state index is 12.6. The van der Waals surface area contributed by atoms with Crippen LogP contribution < -0.4 is 9.46 Å². The van der Waals surface area contributed by atoms with E-state index in [9.17, 15) is 13.2 Å². The maximum atomic E-state index is 12.6. The first kappa shape index (κ1) is 20.5. The molecular weight excluding hydrogens is 356 g/mol. The van der Waals surface area contributed by atoms with Crippen molar-refractivity contribution in [3.63, 3.8) is 0 Å². The molecule has 1 aliphatic heterocycles. The Morgan fingerprint density at radius 3 is 2.50 bits per heavy atom. The SMILES string of the molecule is CCOC(=O)N1CCC(NS(=O)(=O)c2ccc(OC(C)C)c(C)c2)CC1. The van der Waals surface area contributed by atoms with Gasteiger partial charge in [0, 0.05) is 19.1 Å². The van der Waals surface area contributed by atoms with E-state index >= 15 is 0 Å². The highest BCUT2D eigenvalue weighted by molar-refractivity contribution is 7.89. The zero-order valence-electron chi connectivity index (χ0n) is 15.8. The number of piperidine rings is 1. The lowest BCUT2D eigenvalue weighted by Crippen LogP contribution is -2.46. The van der Waals surface area contributed by atoms with Crippen molar-refractivity contribution in [2.24, 2.45) is 0 Å². The molecule has 0 saturated carbocycles. The molecule has 0 radical (unpaired) electrons. The number of nitrogens with one attached hydrogen (secondary N) is 1. The molecule has 0 bridgehead atoms. The summed E-state index contributed by atoms with van der Waals surface area (Å²) in [6.45, 7) is 8.73. The summed E-state index contributed by atoms with van der Waals surface area (Å²) in [7, 11) is -3.62. The lowest BCUT2D eigenvalue weighted by atomic mass is 10.1. The van der Waals surface area contributed by atoms with Crippen LogP contribution in [0.15, 0.2) is 23.1 Å². The second-order valence-electron chi connectivity index (χ2n) is 6.68. The summed E-state index contributed by atoms with van der Waals surface area (Å²) in [5.41, 5.74) is 0.777. The topological polar surface area (TPSA) is 84.9 Å². The Bertz CT molecular complexity index is 725. The molecule has 1 N–H and O–H groups in total. The van der Waals surface area contributed by atoms with Crippen molar-refractivity contribution in [2.75, 3.05) is 19.7 Å². The molecular formula is C18H28N2O5S. The largest absolute Gasteiger partial charge is 0.491 e. The molecule has 0 atom stereocenters. The van der Waals surface area contributed by atoms with Crippen LogP contribution in [0.2, 0.25) is 0 Å². The van der Waals surface area contributed by atoms with E-state index in [0.717, 1.165) is 5.56 Å². The van der Waals surface area contributed by atoms with Gasteiger partial charge in [-0.1, -0.05) is 0 Å². The first-order valence-corrected chi connectivity index (χ1v) is 10.4. The average Bonchev–Trinajstić information content (AvgIpc) is 2.56. The summed E-state index contributed by atoms with van der Waals surface area (Å²) in [4.78, 5) is 13.5. The van der Waals surface area contributed by atoms with Gasteiger partial charge in [0.2, 0.25) is 10.0 Å². The molecule has 1 aliphatic rings. The molecule has 1 amide bonds. The number of amides is 1. The minimum atomic E-state index is -3.62. The Morgan fingerprint density at radius 2 is 1.96 bits per heavy atom. The van der Waals surface area contributed by atoms with Crippen molar-refractivity contribution in [3.8, 4) is 5.75 Å². The van der Waals surface area contributed by atoms with Crippen LogP contribution in [-0.4, -0.2) is 51.3 Å². The van der Waals surface area contributed by atoms with Gasteiger partial charge < -0.3 is 14.4 Å². The van der Waals surface area contributed by atoms with Gasteiger partial charge in [0.1, 0.15) is 5.75 Å². The first-order chi connectivity index (χ1) is 12.2. The van der Waals surface area contributed by atoms with E-state index in [-0.39, 0.29) is 23.1 Å². The quantitative estimate of drug-likeness (QED) is 0.815. The van der Waals surface area contributed by atoms with Gasteiger partial charge in [-0.2, -0.15) is 0 Å². The Kier molecular flexibility index (Phi) is 6.88. The lowest BCUT2D eigenvalue weighted by molar-refractivity contribution is 0.0966. The molecule has 0 spiro atoms. The number of nitrogens with zero attached hydrogens (tertiary/aromatic N) is 1. The molecule has 7 nitrogen and oxygen atoms in total. The van der Waals surface area contributed by atoms with E-state index < -0.39 is 10.0 Å². The first-order valence-electron chi connectivity index (χ1n) is 8.94. The van der Waals surface area contributed by atoms with Crippen LogP contribution in [0.5, 0.6) is 5.75 Å². The molecule has 1 saturated heterocycles. The van der Waals surface area contributed by atoms with Crippen LogP contribution in [0.1, 0.15) is 39.2 Å². The summed E-state index contributed by atoms with van der Waals surface area (Å²) in [6.07, 6.45) is 0.806. The molecule has 2 rings (SSSR count). The smallest absolute Gasteiger partial charge is 0.409 e. The number of hydrogen-bond acceptors (Lipinski definition) is 5. The van der Waals surface area contributed by atoms with Crippen LogP contribution >= 0.6 is 0 Å². The zero-order chi connectivity index (χ0) is 19.3. The summed E-state index contributed by atoms with van der Waals surface area (Å²) >= 11 is 0. The minimum Gasteiger partial charge on any atom is -0.491 e. The van der Waals surface area contributed by atoms with Gasteiger partial charge in [-0.25, -0.2) is 17.9 Å². The highest BCUT2D eigenvalue weighted by atomic mass is 32.2. The molecule has 1 heterocycles. The molecule has 146 valence electrons. The van der Waals surface area contributed by atoms with Gasteiger partial charge in [0.15, 0.2) is 0 Å². The van der Waals surface area contributed by atoms with Crippen molar-refractivity contribution >= 4 is 16.1 Å². The number of sulfonamides is 1. The molecule has 0 unspecified atom stereocenters. The van der Waals surface area contributed by atoms with Gasteiger partial charge in [-0.3, -0.25) is 0 Å². The molecule has 0 aliphatic carbocycles. The number of benzene rings is 1. The third kappa shape index (κ3) is 5.35. The molecule has 0 aromatic heterocycles. The van der Waals surface area contributed by atoms with Gasteiger partial charge in [-0.05, 0) is 64.3 Å². The standard InChI is InChI=1S/C18H28N2O5S/c1-5-24-18(21)20-10-8-15(9-11-20)19-26(22,23)16-6-7-17(14(4)12-16)25-13(2)3/h6-7,12-13,15,19H,5,8-11H2,1-4H3. The number of carbonyl (C=O) groups excluding carboxylic acids is 1. The number of likely N-dealkylation sites (tertiary alicyclic amines) is 1. The number of carbonyl (C=O) groups is 1. The number of hydrogen-bond donors (Lipinski definition) is 1. The van der Waals surface area contributed by atoms with Crippen LogP contribution in [0.25, 0.3) is 0 Å². The fourth-order valence-corrected chi connectivity index (χ4v) is 4.25. The molecule has 8 heteroatoms. The van der Waals surface area contributed by atoms with Gasteiger partial charge in [-0.15, -0.1) is 0 Å². The van der Waals surface area contributed by atoms with Gasteiger partial charge in [0.25, 0.3) is 0 Å². The van der Waals surface area contributed by atoms with E-state index in [0.29, 0.717) is 38.3 Å².